The third-order valence-corrected chi connectivity index (χ3v) is 3.41. The minimum Gasteiger partial charge on any atom is -0.355 e. The monoisotopic (exact) mass is 250 g/mol. The van der Waals surface area contributed by atoms with E-state index in [1.165, 1.54) is 11.1 Å². The molecule has 1 atom stereocenters. The topological polar surface area (TPSA) is 42.5 Å². The molecule has 0 aliphatic carbocycles. The van der Waals surface area contributed by atoms with Crippen LogP contribution in [-0.2, 0) is 16.0 Å². The summed E-state index contributed by atoms with van der Waals surface area (Å²) < 4.78 is 10.4. The first-order valence-electron chi connectivity index (χ1n) is 6.42. The molecule has 0 saturated heterocycles. The second-order valence-electron chi connectivity index (χ2n) is 4.53. The Hall–Kier alpha value is -0.940. The van der Waals surface area contributed by atoms with E-state index in [0.29, 0.717) is 12.6 Å². The zero-order valence-corrected chi connectivity index (χ0v) is 11.1. The van der Waals surface area contributed by atoms with Gasteiger partial charge in [0.25, 0.3) is 0 Å². The number of benzene rings is 1. The molecule has 2 N–H and O–H groups in total. The molecule has 1 aromatic carbocycles. The summed E-state index contributed by atoms with van der Waals surface area (Å²) in [6.45, 7) is 2.68. The summed E-state index contributed by atoms with van der Waals surface area (Å²) in [6.07, 6.45) is 0.894. The van der Waals surface area contributed by atoms with Gasteiger partial charge in [0.05, 0.1) is 0 Å². The number of fused-ring (bicyclic) bond motifs is 1. The molecule has 0 amide bonds. The molecule has 0 saturated carbocycles. The molecule has 1 aliphatic heterocycles. The Kier molecular flexibility index (Phi) is 5.13. The molecular weight excluding hydrogens is 228 g/mol. The van der Waals surface area contributed by atoms with Gasteiger partial charge in [-0.15, -0.1) is 0 Å². The van der Waals surface area contributed by atoms with Gasteiger partial charge in [-0.25, -0.2) is 0 Å². The standard InChI is InChI=1S/C14H22N2O2/c1-17-14(18-2)10-16-13-7-8-15-9-11-5-3-4-6-12(11)13/h3-6,13-16H,7-10H2,1-2H3. The van der Waals surface area contributed by atoms with Crippen molar-refractivity contribution in [3.8, 4) is 0 Å². The van der Waals surface area contributed by atoms with Crippen molar-refractivity contribution in [2.45, 2.75) is 25.3 Å². The van der Waals surface area contributed by atoms with Gasteiger partial charge in [0.2, 0.25) is 0 Å². The Morgan fingerprint density at radius 3 is 2.89 bits per heavy atom. The molecule has 1 heterocycles. The molecule has 18 heavy (non-hydrogen) atoms. The molecular formula is C14H22N2O2. The van der Waals surface area contributed by atoms with E-state index in [1.54, 1.807) is 14.2 Å². The zero-order chi connectivity index (χ0) is 12.8. The van der Waals surface area contributed by atoms with Crippen molar-refractivity contribution < 1.29 is 9.47 Å². The number of rotatable bonds is 5. The van der Waals surface area contributed by atoms with Crippen LogP contribution in [0.2, 0.25) is 0 Å². The maximum Gasteiger partial charge on any atom is 0.169 e. The van der Waals surface area contributed by atoms with E-state index in [-0.39, 0.29) is 6.29 Å². The lowest BCUT2D eigenvalue weighted by Gasteiger charge is -2.22. The van der Waals surface area contributed by atoms with Crippen molar-refractivity contribution in [2.24, 2.45) is 0 Å². The van der Waals surface area contributed by atoms with Crippen LogP contribution in [0.25, 0.3) is 0 Å². The number of methoxy groups -OCH3 is 2. The van der Waals surface area contributed by atoms with Gasteiger partial charge in [-0.05, 0) is 24.1 Å². The Balaban J connectivity index is 2.03. The highest BCUT2D eigenvalue weighted by Gasteiger charge is 2.18. The van der Waals surface area contributed by atoms with Crippen molar-refractivity contribution in [2.75, 3.05) is 27.3 Å². The van der Waals surface area contributed by atoms with Gasteiger partial charge in [-0.2, -0.15) is 0 Å². The highest BCUT2D eigenvalue weighted by atomic mass is 16.7. The fourth-order valence-electron chi connectivity index (χ4n) is 2.37. The molecule has 0 aromatic heterocycles. The van der Waals surface area contributed by atoms with Crippen LogP contribution in [0.3, 0.4) is 0 Å². The van der Waals surface area contributed by atoms with E-state index in [1.807, 2.05) is 0 Å². The van der Waals surface area contributed by atoms with Crippen molar-refractivity contribution in [1.29, 1.82) is 0 Å². The SMILES string of the molecule is COC(CNC1CCNCc2ccccc21)OC. The summed E-state index contributed by atoms with van der Waals surface area (Å²) in [5.41, 5.74) is 2.76. The van der Waals surface area contributed by atoms with Gasteiger partial charge in [0, 0.05) is 33.4 Å². The van der Waals surface area contributed by atoms with Crippen LogP contribution in [0, 0.1) is 0 Å². The number of ether oxygens (including phenoxy) is 2. The summed E-state index contributed by atoms with van der Waals surface area (Å²) >= 11 is 0. The molecule has 1 unspecified atom stereocenters. The van der Waals surface area contributed by atoms with E-state index >= 15 is 0 Å². The van der Waals surface area contributed by atoms with E-state index in [2.05, 4.69) is 34.9 Å². The molecule has 1 aliphatic rings. The van der Waals surface area contributed by atoms with Gasteiger partial charge < -0.3 is 20.1 Å². The molecule has 100 valence electrons. The fraction of sp³-hybridized carbons (Fsp3) is 0.571. The zero-order valence-electron chi connectivity index (χ0n) is 11.1. The number of hydrogen-bond donors (Lipinski definition) is 2. The van der Waals surface area contributed by atoms with Gasteiger partial charge in [0.15, 0.2) is 6.29 Å². The molecule has 0 fully saturated rings. The van der Waals surface area contributed by atoms with E-state index < -0.39 is 0 Å². The first kappa shape index (κ1) is 13.5. The quantitative estimate of drug-likeness (QED) is 0.776. The summed E-state index contributed by atoms with van der Waals surface area (Å²) in [5.74, 6) is 0. The van der Waals surface area contributed by atoms with Crippen LogP contribution < -0.4 is 10.6 Å². The van der Waals surface area contributed by atoms with Crippen LogP contribution in [-0.4, -0.2) is 33.6 Å². The number of nitrogens with one attached hydrogen (secondary N) is 2. The summed E-state index contributed by atoms with van der Waals surface area (Å²) in [7, 11) is 3.33. The summed E-state index contributed by atoms with van der Waals surface area (Å²) in [6, 6.07) is 8.95. The smallest absolute Gasteiger partial charge is 0.169 e. The molecule has 0 radical (unpaired) electrons. The predicted molar refractivity (Wildman–Crippen MR) is 71.3 cm³/mol. The van der Waals surface area contributed by atoms with E-state index in [4.69, 9.17) is 9.47 Å². The van der Waals surface area contributed by atoms with Gasteiger partial charge >= 0.3 is 0 Å². The average Bonchev–Trinajstić information content (AvgIpc) is 2.62. The molecule has 4 heteroatoms. The lowest BCUT2D eigenvalue weighted by atomic mass is 9.99. The Labute approximate surface area is 109 Å². The van der Waals surface area contributed by atoms with Crippen LogP contribution >= 0.6 is 0 Å². The van der Waals surface area contributed by atoms with E-state index in [9.17, 15) is 0 Å². The van der Waals surface area contributed by atoms with Crippen molar-refractivity contribution in [3.05, 3.63) is 35.4 Å². The van der Waals surface area contributed by atoms with Gasteiger partial charge in [0.1, 0.15) is 0 Å². The first-order valence-corrected chi connectivity index (χ1v) is 6.42. The average molecular weight is 250 g/mol. The predicted octanol–water partition coefficient (Wildman–Crippen LogP) is 1.43. The molecule has 0 spiro atoms. The van der Waals surface area contributed by atoms with Crippen LogP contribution in [0.1, 0.15) is 23.6 Å². The summed E-state index contributed by atoms with van der Waals surface area (Å²) in [4.78, 5) is 0. The van der Waals surface area contributed by atoms with Crippen LogP contribution in [0.15, 0.2) is 24.3 Å². The van der Waals surface area contributed by atoms with Crippen LogP contribution in [0.5, 0.6) is 0 Å². The normalized spacial score (nSPS) is 19.6. The molecule has 0 bridgehead atoms. The Morgan fingerprint density at radius 2 is 2.11 bits per heavy atom. The molecule has 2 rings (SSSR count). The van der Waals surface area contributed by atoms with Crippen molar-refractivity contribution in [1.82, 2.24) is 10.6 Å². The van der Waals surface area contributed by atoms with Crippen molar-refractivity contribution in [3.63, 3.8) is 0 Å². The lowest BCUT2D eigenvalue weighted by molar-refractivity contribution is -0.1000. The third kappa shape index (κ3) is 3.29. The lowest BCUT2D eigenvalue weighted by Crippen LogP contribution is -2.33. The van der Waals surface area contributed by atoms with Crippen LogP contribution in [0.4, 0.5) is 0 Å². The maximum absolute atomic E-state index is 5.21. The highest BCUT2D eigenvalue weighted by molar-refractivity contribution is 5.30. The Morgan fingerprint density at radius 1 is 1.33 bits per heavy atom. The Bertz CT molecular complexity index is 367. The van der Waals surface area contributed by atoms with E-state index in [0.717, 1.165) is 19.5 Å². The van der Waals surface area contributed by atoms with Crippen molar-refractivity contribution >= 4 is 0 Å². The minimum atomic E-state index is -0.187. The number of hydrogen-bond acceptors (Lipinski definition) is 4. The first-order chi connectivity index (χ1) is 8.85. The second kappa shape index (κ2) is 6.85. The maximum atomic E-state index is 5.21. The fourth-order valence-corrected chi connectivity index (χ4v) is 2.37. The second-order valence-corrected chi connectivity index (χ2v) is 4.53. The van der Waals surface area contributed by atoms with Gasteiger partial charge in [-0.3, -0.25) is 0 Å². The largest absolute Gasteiger partial charge is 0.355 e. The highest BCUT2D eigenvalue weighted by Crippen LogP contribution is 2.23. The molecule has 4 nitrogen and oxygen atoms in total. The van der Waals surface area contributed by atoms with Gasteiger partial charge in [-0.1, -0.05) is 24.3 Å². The minimum absolute atomic E-state index is 0.187. The summed E-state index contributed by atoms with van der Waals surface area (Å²) in [5, 5.41) is 6.98. The third-order valence-electron chi connectivity index (χ3n) is 3.41. The molecule has 1 aromatic rings.